The minimum atomic E-state index is -0.0666. The Balaban J connectivity index is 1.86. The summed E-state index contributed by atoms with van der Waals surface area (Å²) in [7, 11) is 0. The van der Waals surface area contributed by atoms with Crippen LogP contribution >= 0.6 is 0 Å². The quantitative estimate of drug-likeness (QED) is 0.904. The molecular weight excluding hydrogens is 318 g/mol. The molecule has 0 aliphatic carbocycles. The minimum Gasteiger partial charge on any atom is -0.369 e. The molecule has 0 bridgehead atoms. The van der Waals surface area contributed by atoms with Gasteiger partial charge in [-0.3, -0.25) is 14.6 Å². The molecule has 1 aliphatic heterocycles. The molecule has 1 aliphatic rings. The summed E-state index contributed by atoms with van der Waals surface area (Å²) in [5.41, 5.74) is 3.46. The van der Waals surface area contributed by atoms with Gasteiger partial charge in [0.05, 0.1) is 24.1 Å². The second-order valence-electron chi connectivity index (χ2n) is 6.99. The predicted octanol–water partition coefficient (Wildman–Crippen LogP) is 2.70. The molecule has 0 spiro atoms. The first-order valence-corrected chi connectivity index (χ1v) is 8.95. The predicted molar refractivity (Wildman–Crippen MR) is 94.2 cm³/mol. The third-order valence-corrected chi connectivity index (χ3v) is 4.68. The van der Waals surface area contributed by atoms with Gasteiger partial charge in [0.1, 0.15) is 0 Å². The number of carbonyl (C=O) groups is 1. The number of amides is 1. The van der Waals surface area contributed by atoms with Crippen LogP contribution in [0.4, 0.5) is 0 Å². The number of fused-ring (bicyclic) bond motifs is 1. The summed E-state index contributed by atoms with van der Waals surface area (Å²) < 4.78 is 7.69. The summed E-state index contributed by atoms with van der Waals surface area (Å²) in [6, 6.07) is 0.0690. The highest BCUT2D eigenvalue weighted by molar-refractivity contribution is 5.94. The van der Waals surface area contributed by atoms with Gasteiger partial charge in [-0.1, -0.05) is 0 Å². The van der Waals surface area contributed by atoms with Crippen molar-refractivity contribution >= 4 is 5.91 Å². The first-order valence-electron chi connectivity index (χ1n) is 8.95. The second-order valence-corrected chi connectivity index (χ2v) is 6.99. The highest BCUT2D eigenvalue weighted by Gasteiger charge is 2.32. The zero-order valence-electron chi connectivity index (χ0n) is 15.6. The van der Waals surface area contributed by atoms with Crippen LogP contribution in [0.2, 0.25) is 0 Å². The summed E-state index contributed by atoms with van der Waals surface area (Å²) in [6.07, 6.45) is 4.53. The van der Waals surface area contributed by atoms with Gasteiger partial charge in [-0.25, -0.2) is 0 Å². The molecule has 3 rings (SSSR count). The Morgan fingerprint density at radius 2 is 2.24 bits per heavy atom. The van der Waals surface area contributed by atoms with Crippen LogP contribution in [-0.2, 0) is 24.2 Å². The van der Waals surface area contributed by atoms with Crippen molar-refractivity contribution in [3.8, 4) is 0 Å². The summed E-state index contributed by atoms with van der Waals surface area (Å²) >= 11 is 0. The molecule has 2 aromatic rings. The van der Waals surface area contributed by atoms with E-state index in [-0.39, 0.29) is 24.2 Å². The fraction of sp³-hybridized carbons (Fsp3) is 0.611. The lowest BCUT2D eigenvalue weighted by Gasteiger charge is -2.28. The summed E-state index contributed by atoms with van der Waals surface area (Å²) in [5.74, 6) is -0.0435. The Labute approximate surface area is 148 Å². The van der Waals surface area contributed by atoms with E-state index >= 15 is 0 Å². The van der Waals surface area contributed by atoms with E-state index in [9.17, 15) is 4.79 Å². The van der Waals surface area contributed by atoms with E-state index in [4.69, 9.17) is 4.74 Å². The lowest BCUT2D eigenvalue weighted by atomic mass is 9.99. The van der Waals surface area contributed by atoms with Crippen molar-refractivity contribution in [1.82, 2.24) is 24.9 Å². The maximum Gasteiger partial charge on any atom is 0.275 e. The number of aromatic amines is 1. The van der Waals surface area contributed by atoms with Crippen LogP contribution in [0.5, 0.6) is 0 Å². The van der Waals surface area contributed by atoms with Crippen molar-refractivity contribution in [3.05, 3.63) is 34.9 Å². The Bertz CT molecular complexity index is 748. The number of ether oxygens (including phenoxy) is 1. The van der Waals surface area contributed by atoms with Crippen molar-refractivity contribution < 1.29 is 9.53 Å². The maximum absolute atomic E-state index is 13.2. The fourth-order valence-corrected chi connectivity index (χ4v) is 3.33. The average Bonchev–Trinajstić information content (AvgIpc) is 3.18. The van der Waals surface area contributed by atoms with Crippen LogP contribution in [0.25, 0.3) is 0 Å². The fourth-order valence-electron chi connectivity index (χ4n) is 3.33. The highest BCUT2D eigenvalue weighted by Crippen LogP contribution is 2.31. The number of hydrogen-bond donors (Lipinski definition) is 1. The van der Waals surface area contributed by atoms with Crippen LogP contribution in [0.15, 0.2) is 12.4 Å². The van der Waals surface area contributed by atoms with Crippen LogP contribution in [0, 0.1) is 0 Å². The third kappa shape index (κ3) is 3.46. The molecule has 7 heteroatoms. The van der Waals surface area contributed by atoms with Crippen molar-refractivity contribution in [2.45, 2.75) is 72.4 Å². The van der Waals surface area contributed by atoms with Crippen molar-refractivity contribution in [1.29, 1.82) is 0 Å². The Morgan fingerprint density at radius 1 is 1.48 bits per heavy atom. The van der Waals surface area contributed by atoms with Gasteiger partial charge < -0.3 is 9.64 Å². The molecule has 0 saturated heterocycles. The molecule has 1 amide bonds. The molecule has 7 nitrogen and oxygen atoms in total. The molecule has 0 unspecified atom stereocenters. The number of H-pyrrole nitrogens is 1. The monoisotopic (exact) mass is 345 g/mol. The smallest absolute Gasteiger partial charge is 0.275 e. The van der Waals surface area contributed by atoms with Crippen LogP contribution < -0.4 is 0 Å². The minimum absolute atomic E-state index is 0.0435. The van der Waals surface area contributed by atoms with E-state index in [0.717, 1.165) is 23.4 Å². The summed E-state index contributed by atoms with van der Waals surface area (Å²) in [5, 5.41) is 11.6. The molecule has 2 aromatic heterocycles. The molecule has 0 saturated carbocycles. The Hall–Kier alpha value is -2.15. The zero-order chi connectivity index (χ0) is 18.1. The van der Waals surface area contributed by atoms with Crippen LogP contribution in [-0.4, -0.2) is 42.9 Å². The lowest BCUT2D eigenvalue weighted by molar-refractivity contribution is -0.00703. The largest absolute Gasteiger partial charge is 0.369 e. The van der Waals surface area contributed by atoms with Gasteiger partial charge in [0, 0.05) is 42.9 Å². The van der Waals surface area contributed by atoms with E-state index in [1.165, 1.54) is 0 Å². The Morgan fingerprint density at radius 3 is 2.88 bits per heavy atom. The number of hydrogen-bond acceptors (Lipinski definition) is 4. The van der Waals surface area contributed by atoms with E-state index in [1.54, 1.807) is 0 Å². The zero-order valence-corrected chi connectivity index (χ0v) is 15.6. The number of nitrogens with one attached hydrogen (secondary N) is 1. The molecule has 0 aromatic carbocycles. The van der Waals surface area contributed by atoms with Crippen molar-refractivity contribution in [2.24, 2.45) is 0 Å². The first-order chi connectivity index (χ1) is 11.9. The van der Waals surface area contributed by atoms with E-state index in [2.05, 4.69) is 15.3 Å². The summed E-state index contributed by atoms with van der Waals surface area (Å²) in [6.45, 7) is 11.5. The lowest BCUT2D eigenvalue weighted by Crippen LogP contribution is -2.37. The van der Waals surface area contributed by atoms with Gasteiger partial charge in [-0.05, 0) is 34.6 Å². The van der Waals surface area contributed by atoms with Crippen LogP contribution in [0.1, 0.15) is 68.0 Å². The number of carbonyl (C=O) groups excluding carboxylic acids is 1. The topological polar surface area (TPSA) is 76.0 Å². The number of aromatic nitrogens is 4. The van der Waals surface area contributed by atoms with Crippen molar-refractivity contribution in [3.63, 3.8) is 0 Å². The van der Waals surface area contributed by atoms with Gasteiger partial charge in [0.25, 0.3) is 5.91 Å². The Kier molecular flexibility index (Phi) is 4.94. The molecular formula is C18H27N5O2. The van der Waals surface area contributed by atoms with Gasteiger partial charge >= 0.3 is 0 Å². The average molecular weight is 345 g/mol. The number of rotatable bonds is 5. The summed E-state index contributed by atoms with van der Waals surface area (Å²) in [4.78, 5) is 15.0. The normalized spacial score (nSPS) is 19.9. The number of aryl methyl sites for hydroxylation is 1. The van der Waals surface area contributed by atoms with Gasteiger partial charge in [0.2, 0.25) is 0 Å². The molecule has 3 heterocycles. The first kappa shape index (κ1) is 17.7. The van der Waals surface area contributed by atoms with Gasteiger partial charge in [-0.2, -0.15) is 10.2 Å². The van der Waals surface area contributed by atoms with Crippen molar-refractivity contribution in [2.75, 3.05) is 0 Å². The standard InChI is InChI=1S/C18H27N5O2/c1-6-22-9-14(8-19-22)10-23(11(2)3)18(24)17-15-7-12(4)25-13(5)16(15)20-21-17/h8-9,11-13H,6-7,10H2,1-5H3,(H,20,21)/t12-,13+/m0/s1. The molecule has 0 fully saturated rings. The molecule has 1 N–H and O–H groups in total. The van der Waals surface area contributed by atoms with E-state index in [0.29, 0.717) is 18.7 Å². The van der Waals surface area contributed by atoms with Gasteiger partial charge in [0.15, 0.2) is 5.69 Å². The van der Waals surface area contributed by atoms with Crippen LogP contribution in [0.3, 0.4) is 0 Å². The molecule has 25 heavy (non-hydrogen) atoms. The second kappa shape index (κ2) is 7.00. The molecule has 136 valence electrons. The maximum atomic E-state index is 13.2. The van der Waals surface area contributed by atoms with Gasteiger partial charge in [-0.15, -0.1) is 0 Å². The SMILES string of the molecule is CCn1cc(CN(C(=O)c2n[nH]c3c2C[C@H](C)O[C@@H]3C)C(C)C)cn1. The third-order valence-electron chi connectivity index (χ3n) is 4.68. The highest BCUT2D eigenvalue weighted by atomic mass is 16.5. The number of nitrogens with zero attached hydrogens (tertiary/aromatic N) is 4. The molecule has 0 radical (unpaired) electrons. The van der Waals surface area contributed by atoms with E-state index in [1.807, 2.05) is 56.6 Å². The molecule has 2 atom stereocenters. The van der Waals surface area contributed by atoms with E-state index < -0.39 is 0 Å².